The van der Waals surface area contributed by atoms with Gasteiger partial charge < -0.3 is 10.6 Å². The second kappa shape index (κ2) is 5.81. The van der Waals surface area contributed by atoms with Gasteiger partial charge in [-0.05, 0) is 42.5 Å². The first-order valence-corrected chi connectivity index (χ1v) is 6.81. The smallest absolute Gasteiger partial charge is 0.274 e. The van der Waals surface area contributed by atoms with Crippen molar-refractivity contribution in [2.75, 3.05) is 17.7 Å². The summed E-state index contributed by atoms with van der Waals surface area (Å²) < 4.78 is 13.2. The van der Waals surface area contributed by atoms with Gasteiger partial charge >= 0.3 is 0 Å². The topological polar surface area (TPSA) is 54.0 Å². The van der Waals surface area contributed by atoms with E-state index in [4.69, 9.17) is 0 Å². The number of hydrogen-bond acceptors (Lipinski definition) is 3. The van der Waals surface area contributed by atoms with Gasteiger partial charge in [-0.3, -0.25) is 4.79 Å². The first-order chi connectivity index (χ1) is 10.7. The van der Waals surface area contributed by atoms with Gasteiger partial charge in [-0.1, -0.05) is 6.07 Å². The quantitative estimate of drug-likeness (QED) is 0.775. The molecular weight excluding hydrogens is 281 g/mol. The van der Waals surface area contributed by atoms with Crippen molar-refractivity contribution in [3.63, 3.8) is 0 Å². The van der Waals surface area contributed by atoms with Crippen LogP contribution >= 0.6 is 0 Å². The fourth-order valence-electron chi connectivity index (χ4n) is 2.13. The van der Waals surface area contributed by atoms with Crippen molar-refractivity contribution in [1.29, 1.82) is 0 Å². The molecule has 5 heteroatoms. The number of halogens is 1. The minimum absolute atomic E-state index is 0.246. The molecule has 0 bridgehead atoms. The molecule has 4 nitrogen and oxygen atoms in total. The van der Waals surface area contributed by atoms with Gasteiger partial charge in [0.25, 0.3) is 5.91 Å². The maximum absolute atomic E-state index is 13.2. The molecule has 2 N–H and O–H groups in total. The highest BCUT2D eigenvalue weighted by atomic mass is 19.1. The van der Waals surface area contributed by atoms with E-state index in [1.54, 1.807) is 30.3 Å². The van der Waals surface area contributed by atoms with Crippen molar-refractivity contribution >= 4 is 28.2 Å². The van der Waals surface area contributed by atoms with E-state index in [0.29, 0.717) is 11.2 Å². The Labute approximate surface area is 127 Å². The zero-order chi connectivity index (χ0) is 15.5. The standard InChI is InChI=1S/C17H14FN3O/c1-19-13-5-7-14(8-6-13)20-17(22)15-9-3-11-2-4-12(18)10-16(11)21-15/h2-10,19H,1H3,(H,20,22). The number of carbonyl (C=O) groups excluding carboxylic acids is 1. The number of amides is 1. The average Bonchev–Trinajstić information content (AvgIpc) is 2.54. The number of hydrogen-bond donors (Lipinski definition) is 2. The summed E-state index contributed by atoms with van der Waals surface area (Å²) in [6, 6.07) is 15.0. The van der Waals surface area contributed by atoms with Gasteiger partial charge in [-0.2, -0.15) is 0 Å². The van der Waals surface area contributed by atoms with Gasteiger partial charge in [-0.25, -0.2) is 9.37 Å². The summed E-state index contributed by atoms with van der Waals surface area (Å²) in [7, 11) is 1.83. The van der Waals surface area contributed by atoms with Crippen molar-refractivity contribution in [2.45, 2.75) is 0 Å². The number of rotatable bonds is 3. The maximum Gasteiger partial charge on any atom is 0.274 e. The summed E-state index contributed by atoms with van der Waals surface area (Å²) in [5.41, 5.74) is 2.33. The van der Waals surface area contributed by atoms with Gasteiger partial charge in [0.1, 0.15) is 11.5 Å². The van der Waals surface area contributed by atoms with Crippen LogP contribution in [0.5, 0.6) is 0 Å². The van der Waals surface area contributed by atoms with Crippen LogP contribution < -0.4 is 10.6 Å². The molecule has 22 heavy (non-hydrogen) atoms. The Bertz CT molecular complexity index is 831. The molecule has 1 heterocycles. The highest BCUT2D eigenvalue weighted by molar-refractivity contribution is 6.04. The molecule has 1 aromatic heterocycles. The molecule has 0 aliphatic heterocycles. The molecule has 0 fully saturated rings. The third-order valence-electron chi connectivity index (χ3n) is 3.32. The minimum atomic E-state index is -0.375. The third kappa shape index (κ3) is 2.88. The number of pyridine rings is 1. The van der Waals surface area contributed by atoms with Crippen LogP contribution in [-0.2, 0) is 0 Å². The van der Waals surface area contributed by atoms with Crippen LogP contribution in [0.15, 0.2) is 54.6 Å². The predicted octanol–water partition coefficient (Wildman–Crippen LogP) is 3.67. The lowest BCUT2D eigenvalue weighted by Crippen LogP contribution is -2.13. The van der Waals surface area contributed by atoms with E-state index in [0.717, 1.165) is 11.1 Å². The van der Waals surface area contributed by atoms with E-state index < -0.39 is 0 Å². The van der Waals surface area contributed by atoms with Crippen LogP contribution in [-0.4, -0.2) is 17.9 Å². The van der Waals surface area contributed by atoms with Crippen LogP contribution in [0.2, 0.25) is 0 Å². The lowest BCUT2D eigenvalue weighted by Gasteiger charge is -2.07. The van der Waals surface area contributed by atoms with E-state index >= 15 is 0 Å². The van der Waals surface area contributed by atoms with Gasteiger partial charge in [0.15, 0.2) is 0 Å². The number of carbonyl (C=O) groups is 1. The second-order valence-corrected chi connectivity index (χ2v) is 4.81. The molecule has 3 rings (SSSR count). The normalized spacial score (nSPS) is 10.5. The minimum Gasteiger partial charge on any atom is -0.388 e. The Balaban J connectivity index is 1.84. The summed E-state index contributed by atoms with van der Waals surface area (Å²) >= 11 is 0. The molecule has 0 saturated heterocycles. The van der Waals surface area contributed by atoms with E-state index in [2.05, 4.69) is 15.6 Å². The molecule has 0 radical (unpaired) electrons. The van der Waals surface area contributed by atoms with E-state index in [1.807, 2.05) is 19.2 Å². The number of fused-ring (bicyclic) bond motifs is 1. The third-order valence-corrected chi connectivity index (χ3v) is 3.32. The summed E-state index contributed by atoms with van der Waals surface area (Å²) in [4.78, 5) is 16.4. The molecular formula is C17H14FN3O. The fourth-order valence-corrected chi connectivity index (χ4v) is 2.13. The van der Waals surface area contributed by atoms with Crippen molar-refractivity contribution in [3.05, 3.63) is 66.1 Å². The molecule has 0 spiro atoms. The van der Waals surface area contributed by atoms with Gasteiger partial charge in [0.05, 0.1) is 5.52 Å². The fraction of sp³-hybridized carbons (Fsp3) is 0.0588. The van der Waals surface area contributed by atoms with E-state index in [-0.39, 0.29) is 17.4 Å². The van der Waals surface area contributed by atoms with Crippen molar-refractivity contribution in [2.24, 2.45) is 0 Å². The molecule has 0 unspecified atom stereocenters. The number of benzene rings is 2. The van der Waals surface area contributed by atoms with Crippen LogP contribution in [0.4, 0.5) is 15.8 Å². The van der Waals surface area contributed by atoms with E-state index in [9.17, 15) is 9.18 Å². The molecule has 0 aliphatic carbocycles. The zero-order valence-corrected chi connectivity index (χ0v) is 11.9. The molecule has 110 valence electrons. The summed E-state index contributed by atoms with van der Waals surface area (Å²) in [5.74, 6) is -0.705. The Morgan fingerprint density at radius 1 is 1.00 bits per heavy atom. The number of anilines is 2. The molecule has 0 aliphatic rings. The van der Waals surface area contributed by atoms with E-state index in [1.165, 1.54) is 12.1 Å². The molecule has 3 aromatic rings. The van der Waals surface area contributed by atoms with Gasteiger partial charge in [0, 0.05) is 29.9 Å². The summed E-state index contributed by atoms with van der Waals surface area (Å²) in [6.45, 7) is 0. The average molecular weight is 295 g/mol. The highest BCUT2D eigenvalue weighted by Gasteiger charge is 2.09. The Morgan fingerprint density at radius 3 is 2.41 bits per heavy atom. The molecule has 1 amide bonds. The summed E-state index contributed by atoms with van der Waals surface area (Å²) in [6.07, 6.45) is 0. The van der Waals surface area contributed by atoms with Crippen molar-refractivity contribution in [3.8, 4) is 0 Å². The SMILES string of the molecule is CNc1ccc(NC(=O)c2ccc3ccc(F)cc3n2)cc1. The molecule has 0 saturated carbocycles. The van der Waals surface area contributed by atoms with Crippen LogP contribution in [0, 0.1) is 5.82 Å². The van der Waals surface area contributed by atoms with Crippen molar-refractivity contribution < 1.29 is 9.18 Å². The van der Waals surface area contributed by atoms with Crippen molar-refractivity contribution in [1.82, 2.24) is 4.98 Å². The van der Waals surface area contributed by atoms with Crippen LogP contribution in [0.1, 0.15) is 10.5 Å². The Hall–Kier alpha value is -2.95. The lowest BCUT2D eigenvalue weighted by atomic mass is 10.2. The van der Waals surface area contributed by atoms with Crippen LogP contribution in [0.25, 0.3) is 10.9 Å². The maximum atomic E-state index is 13.2. The Morgan fingerprint density at radius 2 is 1.68 bits per heavy atom. The number of nitrogens with zero attached hydrogens (tertiary/aromatic N) is 1. The molecule has 0 atom stereocenters. The first-order valence-electron chi connectivity index (χ1n) is 6.81. The van der Waals surface area contributed by atoms with Gasteiger partial charge in [0.2, 0.25) is 0 Å². The van der Waals surface area contributed by atoms with Crippen LogP contribution in [0.3, 0.4) is 0 Å². The summed E-state index contributed by atoms with van der Waals surface area (Å²) in [5, 5.41) is 6.56. The largest absolute Gasteiger partial charge is 0.388 e. The second-order valence-electron chi connectivity index (χ2n) is 4.81. The lowest BCUT2D eigenvalue weighted by molar-refractivity contribution is 0.102. The number of aromatic nitrogens is 1. The first kappa shape index (κ1) is 14.0. The zero-order valence-electron chi connectivity index (χ0n) is 11.9. The monoisotopic (exact) mass is 295 g/mol. The number of nitrogens with one attached hydrogen (secondary N) is 2. The predicted molar refractivity (Wildman–Crippen MR) is 85.6 cm³/mol. The van der Waals surface area contributed by atoms with Gasteiger partial charge in [-0.15, -0.1) is 0 Å². The highest BCUT2D eigenvalue weighted by Crippen LogP contribution is 2.16. The molecule has 2 aromatic carbocycles. The Kier molecular flexibility index (Phi) is 3.70.